The van der Waals surface area contributed by atoms with E-state index in [2.05, 4.69) is 67.6 Å². The van der Waals surface area contributed by atoms with Gasteiger partial charge in [0.2, 0.25) is 0 Å². The fourth-order valence-corrected chi connectivity index (χ4v) is 11.0. The van der Waals surface area contributed by atoms with Gasteiger partial charge in [0.15, 0.2) is 0 Å². The van der Waals surface area contributed by atoms with Gasteiger partial charge >= 0.3 is 0 Å². The maximum Gasteiger partial charge on any atom is 0.268 e. The number of ether oxygens (including phenoxy) is 1. The summed E-state index contributed by atoms with van der Waals surface area (Å²) in [5.74, 6) is 2.66. The molecule has 0 radical (unpaired) electrons. The van der Waals surface area contributed by atoms with E-state index in [1.165, 1.54) is 34.2 Å². The molecule has 1 saturated carbocycles. The van der Waals surface area contributed by atoms with Gasteiger partial charge in [-0.1, -0.05) is 79.2 Å². The Kier molecular flexibility index (Phi) is 6.49. The van der Waals surface area contributed by atoms with Crippen LogP contribution in [0.4, 0.5) is 0 Å². The largest absolute Gasteiger partial charge is 0.489 e. The highest BCUT2D eigenvalue weighted by molar-refractivity contribution is 7.90. The molecule has 47 heavy (non-hydrogen) atoms. The summed E-state index contributed by atoms with van der Waals surface area (Å²) < 4.78 is 36.4. The quantitative estimate of drug-likeness (QED) is 0.189. The van der Waals surface area contributed by atoms with Gasteiger partial charge in [-0.2, -0.15) is 0 Å². The van der Waals surface area contributed by atoms with Crippen molar-refractivity contribution in [2.45, 2.75) is 68.8 Å². The van der Waals surface area contributed by atoms with Gasteiger partial charge in [0.05, 0.1) is 15.9 Å². The highest BCUT2D eigenvalue weighted by atomic mass is 32.2. The van der Waals surface area contributed by atoms with Crippen molar-refractivity contribution in [1.82, 2.24) is 3.97 Å². The number of hydrogen-bond donors (Lipinski definition) is 0. The molecule has 3 unspecified atom stereocenters. The lowest BCUT2D eigenvalue weighted by molar-refractivity contribution is 0.106. The molecule has 0 saturated heterocycles. The van der Waals surface area contributed by atoms with Crippen molar-refractivity contribution in [2.24, 2.45) is 11.8 Å². The third kappa shape index (κ3) is 4.42. The van der Waals surface area contributed by atoms with Gasteiger partial charge in [0.25, 0.3) is 10.0 Å². The number of aromatic nitrogens is 1. The van der Waals surface area contributed by atoms with Gasteiger partial charge in [0, 0.05) is 10.8 Å². The van der Waals surface area contributed by atoms with Crippen molar-refractivity contribution in [3.63, 3.8) is 0 Å². The first-order valence-electron chi connectivity index (χ1n) is 17.0. The SMILES string of the molecule is Cc1ccc(S(=O)(=O)n2c3ccccc3c3cc4c(cc32)[C@]2(C)CCC3c5ccc(OCc6ccccc6)cc5CCC3C2C4)cc1. The minimum Gasteiger partial charge on any atom is -0.489 e. The first-order chi connectivity index (χ1) is 22.8. The van der Waals surface area contributed by atoms with Crippen LogP contribution in [-0.4, -0.2) is 12.4 Å². The zero-order valence-electron chi connectivity index (χ0n) is 26.9. The maximum absolute atomic E-state index is 14.3. The molecular weight excluding hydrogens is 599 g/mol. The van der Waals surface area contributed by atoms with Crippen LogP contribution in [0.5, 0.6) is 5.75 Å². The number of para-hydroxylation sites is 1. The number of hydrogen-bond acceptors (Lipinski definition) is 3. The lowest BCUT2D eigenvalue weighted by Crippen LogP contribution is -2.43. The molecule has 0 aliphatic heterocycles. The second-order valence-electron chi connectivity index (χ2n) is 14.3. The van der Waals surface area contributed by atoms with Crippen molar-refractivity contribution >= 4 is 31.8 Å². The second-order valence-corrected chi connectivity index (χ2v) is 16.1. The zero-order valence-corrected chi connectivity index (χ0v) is 27.8. The normalized spacial score (nSPS) is 23.2. The van der Waals surface area contributed by atoms with Crippen LogP contribution in [0.2, 0.25) is 0 Å². The van der Waals surface area contributed by atoms with E-state index in [0.29, 0.717) is 29.3 Å². The zero-order chi connectivity index (χ0) is 31.9. The number of benzene rings is 5. The highest BCUT2D eigenvalue weighted by Gasteiger charge is 2.53. The maximum atomic E-state index is 14.3. The third-order valence-electron chi connectivity index (χ3n) is 11.8. The highest BCUT2D eigenvalue weighted by Crippen LogP contribution is 2.60. The monoisotopic (exact) mass is 637 g/mol. The molecule has 0 spiro atoms. The minimum absolute atomic E-state index is 0.0236. The predicted molar refractivity (Wildman–Crippen MR) is 189 cm³/mol. The van der Waals surface area contributed by atoms with Crippen LogP contribution in [0, 0.1) is 18.8 Å². The summed E-state index contributed by atoms with van der Waals surface area (Å²) in [6, 6.07) is 36.9. The van der Waals surface area contributed by atoms with E-state index in [-0.39, 0.29) is 5.41 Å². The van der Waals surface area contributed by atoms with Crippen LogP contribution in [-0.2, 0) is 34.9 Å². The smallest absolute Gasteiger partial charge is 0.268 e. The molecule has 4 atom stereocenters. The molecule has 5 heteroatoms. The van der Waals surface area contributed by atoms with E-state index in [1.807, 2.05) is 43.3 Å². The first-order valence-corrected chi connectivity index (χ1v) is 18.4. The van der Waals surface area contributed by atoms with Gasteiger partial charge < -0.3 is 4.74 Å². The summed E-state index contributed by atoms with van der Waals surface area (Å²) in [5, 5.41) is 2.03. The summed E-state index contributed by atoms with van der Waals surface area (Å²) in [6.07, 6.45) is 5.57. The molecule has 1 heterocycles. The van der Waals surface area contributed by atoms with E-state index < -0.39 is 10.0 Å². The Hall–Kier alpha value is -4.35. The molecular formula is C42H39NO3S. The molecule has 1 aromatic heterocycles. The lowest BCUT2D eigenvalue weighted by Gasteiger charge is -2.49. The van der Waals surface area contributed by atoms with Crippen LogP contribution in [0.3, 0.4) is 0 Å². The van der Waals surface area contributed by atoms with Crippen LogP contribution >= 0.6 is 0 Å². The molecule has 3 aliphatic carbocycles. The van der Waals surface area contributed by atoms with Gasteiger partial charge in [-0.15, -0.1) is 0 Å². The summed E-state index contributed by atoms with van der Waals surface area (Å²) in [5.41, 5.74) is 9.50. The third-order valence-corrected chi connectivity index (χ3v) is 13.5. The molecule has 3 aliphatic rings. The molecule has 6 aromatic rings. The minimum atomic E-state index is -3.80. The standard InChI is InChI=1S/C42H39NO3S/c1-27-12-16-32(17-13-27)47(44,45)43-40-11-7-6-10-36(40)37-23-30-24-39-35-18-14-29-22-31(46-26-28-8-4-3-5-9-28)15-19-33(29)34(35)20-21-42(39,2)38(30)25-41(37)43/h3-13,15-17,19,22-23,25,34-35,39H,14,18,20-21,24,26H2,1-2H3/t34?,35?,39?,42-/m0/s1. The van der Waals surface area contributed by atoms with Crippen LogP contribution < -0.4 is 4.74 Å². The van der Waals surface area contributed by atoms with Crippen molar-refractivity contribution < 1.29 is 13.2 Å². The Balaban J connectivity index is 1.07. The van der Waals surface area contributed by atoms with Gasteiger partial charge in [-0.25, -0.2) is 12.4 Å². The van der Waals surface area contributed by atoms with Crippen LogP contribution in [0.25, 0.3) is 21.8 Å². The van der Waals surface area contributed by atoms with E-state index in [0.717, 1.165) is 58.8 Å². The number of fused-ring (bicyclic) bond motifs is 10. The van der Waals surface area contributed by atoms with E-state index >= 15 is 0 Å². The Bertz CT molecular complexity index is 2290. The molecule has 1 fully saturated rings. The molecule has 5 aromatic carbocycles. The molecule has 0 bridgehead atoms. The molecule has 0 amide bonds. The van der Waals surface area contributed by atoms with Gasteiger partial charge in [-0.05, 0) is 132 Å². The first kappa shape index (κ1) is 28.8. The summed E-state index contributed by atoms with van der Waals surface area (Å²) >= 11 is 0. The van der Waals surface area contributed by atoms with Crippen molar-refractivity contribution in [2.75, 3.05) is 0 Å². The Labute approximate surface area is 277 Å². The lowest BCUT2D eigenvalue weighted by atomic mass is 9.55. The van der Waals surface area contributed by atoms with E-state index in [9.17, 15) is 8.42 Å². The molecule has 4 nitrogen and oxygen atoms in total. The number of rotatable bonds is 5. The molecule has 0 N–H and O–H groups in total. The van der Waals surface area contributed by atoms with Crippen molar-refractivity contribution in [1.29, 1.82) is 0 Å². The fourth-order valence-electron chi connectivity index (χ4n) is 9.46. The summed E-state index contributed by atoms with van der Waals surface area (Å²) in [7, 11) is -3.80. The van der Waals surface area contributed by atoms with E-state index in [1.54, 1.807) is 16.1 Å². The average Bonchev–Trinajstić information content (AvgIpc) is 3.58. The number of aryl methyl sites for hydroxylation is 2. The van der Waals surface area contributed by atoms with Gasteiger partial charge in [0.1, 0.15) is 12.4 Å². The fraction of sp³-hybridized carbons (Fsp3) is 0.286. The summed E-state index contributed by atoms with van der Waals surface area (Å²) in [4.78, 5) is 0.324. The Morgan fingerprint density at radius 2 is 1.60 bits per heavy atom. The molecule has 236 valence electrons. The van der Waals surface area contributed by atoms with Gasteiger partial charge in [-0.3, -0.25) is 0 Å². The molecule has 9 rings (SSSR count). The van der Waals surface area contributed by atoms with Crippen molar-refractivity contribution in [3.05, 3.63) is 143 Å². The number of nitrogens with zero attached hydrogens (tertiary/aromatic N) is 1. The van der Waals surface area contributed by atoms with Crippen LogP contribution in [0.1, 0.15) is 65.5 Å². The van der Waals surface area contributed by atoms with Crippen molar-refractivity contribution in [3.8, 4) is 5.75 Å². The topological polar surface area (TPSA) is 48.3 Å². The second kappa shape index (κ2) is 10.6. The predicted octanol–water partition coefficient (Wildman–Crippen LogP) is 9.49. The van der Waals surface area contributed by atoms with E-state index in [4.69, 9.17) is 4.74 Å². The average molecular weight is 638 g/mol. The van der Waals surface area contributed by atoms with Crippen LogP contribution in [0.15, 0.2) is 114 Å². The summed E-state index contributed by atoms with van der Waals surface area (Å²) in [6.45, 7) is 5.03. The Morgan fingerprint density at radius 1 is 0.809 bits per heavy atom. The Morgan fingerprint density at radius 3 is 2.43 bits per heavy atom.